The standard InChI is InChI=1S/C20H26BrNO2/c21-17-9-7-16-12-20(10-8-15(16)11-17)24-14-19(23)13-22-18-5-3-1-2-4-6-18/h7-12,18-19,22-23H,1-6,13-14H2/t19-/m0/s1. The predicted molar refractivity (Wildman–Crippen MR) is 103 cm³/mol. The molecular weight excluding hydrogens is 366 g/mol. The van der Waals surface area contributed by atoms with Crippen molar-refractivity contribution in [3.63, 3.8) is 0 Å². The van der Waals surface area contributed by atoms with Gasteiger partial charge in [0.05, 0.1) is 0 Å². The zero-order valence-corrected chi connectivity index (χ0v) is 15.6. The highest BCUT2D eigenvalue weighted by Gasteiger charge is 2.13. The number of fused-ring (bicyclic) bond motifs is 1. The van der Waals surface area contributed by atoms with Gasteiger partial charge in [0.1, 0.15) is 18.5 Å². The van der Waals surface area contributed by atoms with Gasteiger partial charge >= 0.3 is 0 Å². The molecule has 130 valence electrons. The summed E-state index contributed by atoms with van der Waals surface area (Å²) < 4.78 is 6.84. The number of hydrogen-bond acceptors (Lipinski definition) is 3. The molecule has 0 aromatic heterocycles. The number of benzene rings is 2. The molecule has 3 rings (SSSR count). The van der Waals surface area contributed by atoms with Gasteiger partial charge in [-0.25, -0.2) is 0 Å². The molecule has 2 N–H and O–H groups in total. The Kier molecular flexibility index (Phi) is 6.52. The van der Waals surface area contributed by atoms with Gasteiger partial charge in [-0.2, -0.15) is 0 Å². The van der Waals surface area contributed by atoms with E-state index in [1.807, 2.05) is 24.3 Å². The maximum atomic E-state index is 10.2. The SMILES string of the molecule is O[C@@H](CNC1CCCCCC1)COc1ccc2cc(Br)ccc2c1. The van der Waals surface area contributed by atoms with E-state index in [9.17, 15) is 5.11 Å². The van der Waals surface area contributed by atoms with Crippen LogP contribution in [0.1, 0.15) is 38.5 Å². The molecule has 0 heterocycles. The Morgan fingerprint density at radius 3 is 2.54 bits per heavy atom. The Morgan fingerprint density at radius 2 is 1.75 bits per heavy atom. The van der Waals surface area contributed by atoms with E-state index in [0.29, 0.717) is 19.2 Å². The summed E-state index contributed by atoms with van der Waals surface area (Å²) in [6.45, 7) is 0.924. The van der Waals surface area contributed by atoms with Crippen molar-refractivity contribution < 1.29 is 9.84 Å². The Hall–Kier alpha value is -1.10. The molecule has 0 bridgehead atoms. The number of halogens is 1. The van der Waals surface area contributed by atoms with Crippen molar-refractivity contribution in [2.24, 2.45) is 0 Å². The first-order chi connectivity index (χ1) is 11.7. The van der Waals surface area contributed by atoms with Crippen LogP contribution in [0.5, 0.6) is 5.75 Å². The van der Waals surface area contributed by atoms with Crippen LogP contribution < -0.4 is 10.1 Å². The van der Waals surface area contributed by atoms with Crippen molar-refractivity contribution in [1.82, 2.24) is 5.32 Å². The summed E-state index contributed by atoms with van der Waals surface area (Å²) >= 11 is 3.48. The molecule has 1 aliphatic rings. The predicted octanol–water partition coefficient (Wildman–Crippen LogP) is 4.65. The fourth-order valence-corrected chi connectivity index (χ4v) is 3.70. The number of rotatable bonds is 6. The topological polar surface area (TPSA) is 41.5 Å². The van der Waals surface area contributed by atoms with Crippen LogP contribution in [-0.4, -0.2) is 30.4 Å². The van der Waals surface area contributed by atoms with Gasteiger partial charge in [0.2, 0.25) is 0 Å². The number of ether oxygens (including phenoxy) is 1. The van der Waals surface area contributed by atoms with Gasteiger partial charge in [0.25, 0.3) is 0 Å². The number of aliphatic hydroxyl groups is 1. The summed E-state index contributed by atoms with van der Waals surface area (Å²) in [5.74, 6) is 0.804. The third-order valence-electron chi connectivity index (χ3n) is 4.71. The van der Waals surface area contributed by atoms with E-state index in [2.05, 4.69) is 33.4 Å². The molecule has 0 saturated heterocycles. The van der Waals surface area contributed by atoms with Gasteiger partial charge in [-0.05, 0) is 47.9 Å². The minimum absolute atomic E-state index is 0.321. The fraction of sp³-hybridized carbons (Fsp3) is 0.500. The molecule has 0 aliphatic heterocycles. The molecular formula is C20H26BrNO2. The summed E-state index contributed by atoms with van der Waals surface area (Å²) in [5, 5.41) is 16.0. The minimum Gasteiger partial charge on any atom is -0.491 e. The van der Waals surface area contributed by atoms with Gasteiger partial charge in [0.15, 0.2) is 0 Å². The monoisotopic (exact) mass is 391 g/mol. The van der Waals surface area contributed by atoms with Gasteiger partial charge in [0, 0.05) is 17.1 Å². The zero-order valence-electron chi connectivity index (χ0n) is 14.0. The van der Waals surface area contributed by atoms with Gasteiger partial charge in [-0.15, -0.1) is 0 Å². The smallest absolute Gasteiger partial charge is 0.120 e. The highest BCUT2D eigenvalue weighted by Crippen LogP contribution is 2.24. The van der Waals surface area contributed by atoms with E-state index in [4.69, 9.17) is 4.74 Å². The lowest BCUT2D eigenvalue weighted by atomic mass is 10.1. The van der Waals surface area contributed by atoms with Crippen LogP contribution in [0.25, 0.3) is 10.8 Å². The van der Waals surface area contributed by atoms with E-state index in [1.165, 1.54) is 43.9 Å². The van der Waals surface area contributed by atoms with Crippen LogP contribution in [0.2, 0.25) is 0 Å². The van der Waals surface area contributed by atoms with Crippen molar-refractivity contribution in [3.8, 4) is 5.75 Å². The molecule has 1 atom stereocenters. The number of nitrogens with one attached hydrogen (secondary N) is 1. The number of hydrogen-bond donors (Lipinski definition) is 2. The third-order valence-corrected chi connectivity index (χ3v) is 5.21. The minimum atomic E-state index is -0.478. The molecule has 1 aliphatic carbocycles. The highest BCUT2D eigenvalue weighted by atomic mass is 79.9. The first-order valence-corrected chi connectivity index (χ1v) is 9.73. The number of aliphatic hydroxyl groups excluding tert-OH is 1. The lowest BCUT2D eigenvalue weighted by Crippen LogP contribution is -2.37. The fourth-order valence-electron chi connectivity index (χ4n) is 3.32. The average molecular weight is 392 g/mol. The van der Waals surface area contributed by atoms with E-state index in [1.54, 1.807) is 0 Å². The van der Waals surface area contributed by atoms with Crippen molar-refractivity contribution in [3.05, 3.63) is 40.9 Å². The highest BCUT2D eigenvalue weighted by molar-refractivity contribution is 9.10. The normalized spacial score (nSPS) is 17.6. The molecule has 2 aromatic rings. The van der Waals surface area contributed by atoms with Crippen LogP contribution in [0.4, 0.5) is 0 Å². The third kappa shape index (κ3) is 5.20. The summed E-state index contributed by atoms with van der Waals surface area (Å²) in [6.07, 6.45) is 7.29. The van der Waals surface area contributed by atoms with E-state index in [0.717, 1.165) is 15.6 Å². The molecule has 4 heteroatoms. The van der Waals surface area contributed by atoms with E-state index < -0.39 is 6.10 Å². The first kappa shape index (κ1) is 17.7. The molecule has 3 nitrogen and oxygen atoms in total. The van der Waals surface area contributed by atoms with E-state index in [-0.39, 0.29) is 0 Å². The summed E-state index contributed by atoms with van der Waals surface area (Å²) in [5.41, 5.74) is 0. The van der Waals surface area contributed by atoms with Gasteiger partial charge in [-0.3, -0.25) is 0 Å². The molecule has 2 aromatic carbocycles. The summed E-state index contributed by atoms with van der Waals surface area (Å²) in [4.78, 5) is 0. The van der Waals surface area contributed by atoms with Crippen molar-refractivity contribution >= 4 is 26.7 Å². The van der Waals surface area contributed by atoms with Gasteiger partial charge in [-0.1, -0.05) is 53.7 Å². The van der Waals surface area contributed by atoms with Gasteiger partial charge < -0.3 is 15.2 Å². The van der Waals surface area contributed by atoms with Crippen LogP contribution in [-0.2, 0) is 0 Å². The maximum Gasteiger partial charge on any atom is 0.120 e. The molecule has 0 unspecified atom stereocenters. The van der Waals surface area contributed by atoms with Crippen LogP contribution in [0.3, 0.4) is 0 Å². The lowest BCUT2D eigenvalue weighted by molar-refractivity contribution is 0.103. The van der Waals surface area contributed by atoms with Crippen LogP contribution in [0.15, 0.2) is 40.9 Å². The van der Waals surface area contributed by atoms with Crippen LogP contribution in [0, 0.1) is 0 Å². The van der Waals surface area contributed by atoms with Crippen LogP contribution >= 0.6 is 15.9 Å². The van der Waals surface area contributed by atoms with E-state index >= 15 is 0 Å². The molecule has 0 amide bonds. The lowest BCUT2D eigenvalue weighted by Gasteiger charge is -2.19. The van der Waals surface area contributed by atoms with Crippen molar-refractivity contribution in [2.75, 3.05) is 13.2 Å². The largest absolute Gasteiger partial charge is 0.491 e. The second-order valence-electron chi connectivity index (χ2n) is 6.71. The molecule has 1 saturated carbocycles. The molecule has 0 radical (unpaired) electrons. The summed E-state index contributed by atoms with van der Waals surface area (Å²) in [6, 6.07) is 12.8. The Morgan fingerprint density at radius 1 is 1.04 bits per heavy atom. The Bertz CT molecular complexity index is 653. The van der Waals surface area contributed by atoms with Crippen molar-refractivity contribution in [2.45, 2.75) is 50.7 Å². The molecule has 0 spiro atoms. The average Bonchev–Trinajstić information content (AvgIpc) is 2.87. The summed E-state index contributed by atoms with van der Waals surface area (Å²) in [7, 11) is 0. The first-order valence-electron chi connectivity index (χ1n) is 8.94. The quantitative estimate of drug-likeness (QED) is 0.703. The zero-order chi connectivity index (χ0) is 16.8. The Labute approximate surface area is 152 Å². The second-order valence-corrected chi connectivity index (χ2v) is 7.63. The Balaban J connectivity index is 1.47. The van der Waals surface area contributed by atoms with Crippen molar-refractivity contribution in [1.29, 1.82) is 0 Å². The second kappa shape index (κ2) is 8.84. The maximum absolute atomic E-state index is 10.2. The molecule has 24 heavy (non-hydrogen) atoms. The molecule has 1 fully saturated rings.